The summed E-state index contributed by atoms with van der Waals surface area (Å²) < 4.78 is 0. The third-order valence-corrected chi connectivity index (χ3v) is 8.66. The minimum atomic E-state index is 0.0305. The molecule has 202 valence electrons. The number of benzene rings is 7. The minimum Gasteiger partial charge on any atom is -0.507 e. The highest BCUT2D eigenvalue weighted by Crippen LogP contribution is 2.45. The van der Waals surface area contributed by atoms with Crippen LogP contribution in [-0.4, -0.2) is 5.11 Å². The summed E-state index contributed by atoms with van der Waals surface area (Å²) in [4.78, 5) is 0. The third-order valence-electron chi connectivity index (χ3n) is 8.66. The second-order valence-corrected chi connectivity index (χ2v) is 11.1. The molecule has 0 spiro atoms. The molecule has 0 heterocycles. The number of hydrogen-bond acceptors (Lipinski definition) is 1. The van der Waals surface area contributed by atoms with E-state index < -0.39 is 0 Å². The molecule has 0 saturated carbocycles. The van der Waals surface area contributed by atoms with Gasteiger partial charge in [0.05, 0.1) is 0 Å². The fourth-order valence-electron chi connectivity index (χ4n) is 6.63. The highest BCUT2D eigenvalue weighted by Gasteiger charge is 2.24. The summed E-state index contributed by atoms with van der Waals surface area (Å²) in [5.74, 6) is 0.330. The van der Waals surface area contributed by atoms with E-state index in [1.165, 1.54) is 49.7 Å². The van der Waals surface area contributed by atoms with Crippen LogP contribution in [0.4, 0.5) is 0 Å². The van der Waals surface area contributed by atoms with Crippen molar-refractivity contribution in [1.29, 1.82) is 0 Å². The van der Waals surface area contributed by atoms with E-state index in [1.54, 1.807) is 0 Å². The molecule has 0 amide bonds. The zero-order valence-corrected chi connectivity index (χ0v) is 23.9. The molecule has 0 unspecified atom stereocenters. The fraction of sp³-hybridized carbons (Fsp3) is 0.0732. The van der Waals surface area contributed by atoms with Crippen LogP contribution in [0.1, 0.15) is 33.7 Å². The van der Waals surface area contributed by atoms with E-state index in [0.29, 0.717) is 5.75 Å². The van der Waals surface area contributed by atoms with Crippen LogP contribution >= 0.6 is 0 Å². The fourth-order valence-corrected chi connectivity index (χ4v) is 6.63. The van der Waals surface area contributed by atoms with Gasteiger partial charge in [0.25, 0.3) is 0 Å². The van der Waals surface area contributed by atoms with E-state index in [2.05, 4.69) is 153 Å². The monoisotopic (exact) mass is 540 g/mol. The molecule has 0 saturated heterocycles. The van der Waals surface area contributed by atoms with Gasteiger partial charge >= 0.3 is 0 Å². The second kappa shape index (κ2) is 10.7. The Kier molecular flexibility index (Phi) is 6.56. The Hall–Kier alpha value is -5.14. The van der Waals surface area contributed by atoms with Crippen LogP contribution in [0, 0.1) is 13.8 Å². The Labute approximate surface area is 247 Å². The van der Waals surface area contributed by atoms with Crippen molar-refractivity contribution in [2.24, 2.45) is 0 Å². The number of phenols is 1. The number of aryl methyl sites for hydroxylation is 2. The van der Waals surface area contributed by atoms with Crippen molar-refractivity contribution < 1.29 is 5.11 Å². The highest BCUT2D eigenvalue weighted by atomic mass is 16.3. The minimum absolute atomic E-state index is 0.0305. The van der Waals surface area contributed by atoms with Crippen LogP contribution in [0.5, 0.6) is 5.75 Å². The van der Waals surface area contributed by atoms with Crippen LogP contribution in [0.2, 0.25) is 0 Å². The zero-order chi connectivity index (χ0) is 28.6. The molecule has 0 aliphatic carbocycles. The lowest BCUT2D eigenvalue weighted by Crippen LogP contribution is -2.08. The molecule has 1 nitrogen and oxygen atoms in total. The number of fused-ring (bicyclic) bond motifs is 2. The first-order valence-corrected chi connectivity index (χ1v) is 14.5. The van der Waals surface area contributed by atoms with Gasteiger partial charge in [0.1, 0.15) is 5.75 Å². The summed E-state index contributed by atoms with van der Waals surface area (Å²) in [7, 11) is 0. The first-order chi connectivity index (χ1) is 20.6. The topological polar surface area (TPSA) is 20.2 Å². The largest absolute Gasteiger partial charge is 0.507 e. The van der Waals surface area contributed by atoms with E-state index in [1.807, 2.05) is 6.07 Å². The Bertz CT molecular complexity index is 2020. The van der Waals surface area contributed by atoms with Gasteiger partial charge in [-0.3, -0.25) is 0 Å². The predicted octanol–water partition coefficient (Wildman–Crippen LogP) is 10.8. The number of rotatable bonds is 5. The molecule has 1 heteroatoms. The number of aromatic hydroxyl groups is 1. The van der Waals surface area contributed by atoms with Crippen LogP contribution in [0.25, 0.3) is 43.8 Å². The Balaban J connectivity index is 1.51. The van der Waals surface area contributed by atoms with Crippen molar-refractivity contribution in [2.45, 2.75) is 19.8 Å². The molecule has 7 aromatic rings. The maximum atomic E-state index is 11.5. The lowest BCUT2D eigenvalue weighted by Gasteiger charge is -2.25. The first kappa shape index (κ1) is 25.8. The van der Waals surface area contributed by atoms with E-state index in [9.17, 15) is 5.11 Å². The van der Waals surface area contributed by atoms with Gasteiger partial charge in [-0.25, -0.2) is 0 Å². The zero-order valence-electron chi connectivity index (χ0n) is 23.9. The molecule has 0 fully saturated rings. The summed E-state index contributed by atoms with van der Waals surface area (Å²) in [6.07, 6.45) is 0. The molecule has 42 heavy (non-hydrogen) atoms. The number of phenolic OH excluding ortho intramolecular Hbond substituents is 1. The SMILES string of the molecule is Cc1ccccc1C(c1ccccc1C)c1ccc(O)c2c(-c3cccc4c(-c5ccccc5)cccc34)cccc12. The van der Waals surface area contributed by atoms with Gasteiger partial charge in [0.15, 0.2) is 0 Å². The molecule has 7 rings (SSSR count). The molecule has 7 aromatic carbocycles. The number of hydrogen-bond donors (Lipinski definition) is 1. The van der Waals surface area contributed by atoms with Crippen molar-refractivity contribution in [3.63, 3.8) is 0 Å². The summed E-state index contributed by atoms with van der Waals surface area (Å²) in [6, 6.07) is 51.3. The molecule has 0 aliphatic heterocycles. The van der Waals surface area contributed by atoms with Crippen molar-refractivity contribution in [3.8, 4) is 28.0 Å². The van der Waals surface area contributed by atoms with Crippen molar-refractivity contribution in [1.82, 2.24) is 0 Å². The standard InChI is InChI=1S/C41H32O/c1-27-13-6-8-17-30(27)40(31-18-9-7-14-28(31)2)38-25-26-39(42)41-36(23-12-24-37(38)41)35-22-11-20-33-32(19-10-21-34(33)35)29-15-4-3-5-16-29/h3-26,40,42H,1-2H3. The Morgan fingerprint density at radius 1 is 0.405 bits per heavy atom. The molecule has 0 bridgehead atoms. The lowest BCUT2D eigenvalue weighted by atomic mass is 9.79. The molecular weight excluding hydrogens is 508 g/mol. The molecule has 0 radical (unpaired) electrons. The predicted molar refractivity (Wildman–Crippen MR) is 177 cm³/mol. The average molecular weight is 541 g/mol. The van der Waals surface area contributed by atoms with Gasteiger partial charge in [-0.1, -0.05) is 140 Å². The third kappa shape index (κ3) is 4.35. The van der Waals surface area contributed by atoms with Crippen LogP contribution < -0.4 is 0 Å². The normalized spacial score (nSPS) is 11.4. The quantitative estimate of drug-likeness (QED) is 0.215. The van der Waals surface area contributed by atoms with Crippen LogP contribution in [0.15, 0.2) is 146 Å². The summed E-state index contributed by atoms with van der Waals surface area (Å²) >= 11 is 0. The van der Waals surface area contributed by atoms with Gasteiger partial charge in [-0.15, -0.1) is 0 Å². The summed E-state index contributed by atoms with van der Waals surface area (Å²) in [6.45, 7) is 4.38. The van der Waals surface area contributed by atoms with Crippen molar-refractivity contribution in [3.05, 3.63) is 173 Å². The average Bonchev–Trinajstić information content (AvgIpc) is 3.03. The van der Waals surface area contributed by atoms with Gasteiger partial charge in [0, 0.05) is 11.3 Å². The van der Waals surface area contributed by atoms with E-state index in [-0.39, 0.29) is 5.92 Å². The summed E-state index contributed by atoms with van der Waals surface area (Å²) in [5.41, 5.74) is 10.8. The molecule has 0 atom stereocenters. The van der Waals surface area contributed by atoms with E-state index in [0.717, 1.165) is 21.9 Å². The smallest absolute Gasteiger partial charge is 0.124 e. The van der Waals surface area contributed by atoms with Crippen molar-refractivity contribution >= 4 is 21.5 Å². The lowest BCUT2D eigenvalue weighted by molar-refractivity contribution is 0.481. The molecule has 0 aliphatic rings. The molecule has 1 N–H and O–H groups in total. The van der Waals surface area contributed by atoms with Gasteiger partial charge < -0.3 is 5.11 Å². The highest BCUT2D eigenvalue weighted by molar-refractivity contribution is 6.11. The van der Waals surface area contributed by atoms with Crippen molar-refractivity contribution in [2.75, 3.05) is 0 Å². The van der Waals surface area contributed by atoms with Gasteiger partial charge in [-0.05, 0) is 86.1 Å². The summed E-state index contributed by atoms with van der Waals surface area (Å²) in [5, 5.41) is 15.8. The van der Waals surface area contributed by atoms with E-state index >= 15 is 0 Å². The van der Waals surface area contributed by atoms with Crippen LogP contribution in [0.3, 0.4) is 0 Å². The van der Waals surface area contributed by atoms with Crippen LogP contribution in [-0.2, 0) is 0 Å². The Morgan fingerprint density at radius 2 is 0.929 bits per heavy atom. The maximum absolute atomic E-state index is 11.5. The second-order valence-electron chi connectivity index (χ2n) is 11.1. The van der Waals surface area contributed by atoms with Gasteiger partial charge in [-0.2, -0.15) is 0 Å². The van der Waals surface area contributed by atoms with E-state index in [4.69, 9.17) is 0 Å². The first-order valence-electron chi connectivity index (χ1n) is 14.5. The Morgan fingerprint density at radius 3 is 1.57 bits per heavy atom. The van der Waals surface area contributed by atoms with Gasteiger partial charge in [0.2, 0.25) is 0 Å². The molecule has 0 aromatic heterocycles. The maximum Gasteiger partial charge on any atom is 0.124 e. The molecular formula is C41H32O.